The molecule has 2 atom stereocenters. The van der Waals surface area contributed by atoms with Crippen LogP contribution in [0.15, 0.2) is 42.5 Å². The molecule has 0 aromatic heterocycles. The van der Waals surface area contributed by atoms with Crippen LogP contribution in [0.5, 0.6) is 0 Å². The summed E-state index contributed by atoms with van der Waals surface area (Å²) in [6, 6.07) is 13.1. The van der Waals surface area contributed by atoms with Gasteiger partial charge in [-0.1, -0.05) is 30.3 Å². The van der Waals surface area contributed by atoms with Crippen molar-refractivity contribution in [2.45, 2.75) is 38.6 Å². The van der Waals surface area contributed by atoms with Crippen LogP contribution in [-0.4, -0.2) is 48.9 Å². The summed E-state index contributed by atoms with van der Waals surface area (Å²) in [5.41, 5.74) is 5.16. The van der Waals surface area contributed by atoms with Gasteiger partial charge in [-0.15, -0.1) is 11.8 Å². The van der Waals surface area contributed by atoms with E-state index in [4.69, 9.17) is 4.74 Å². The Morgan fingerprint density at radius 2 is 1.87 bits per heavy atom. The summed E-state index contributed by atoms with van der Waals surface area (Å²) < 4.78 is 5.05. The van der Waals surface area contributed by atoms with Crippen molar-refractivity contribution < 1.29 is 14.3 Å². The van der Waals surface area contributed by atoms with Gasteiger partial charge in [-0.3, -0.25) is 9.69 Å². The second-order valence-corrected chi connectivity index (χ2v) is 8.95. The molecule has 1 aliphatic rings. The van der Waals surface area contributed by atoms with E-state index in [9.17, 15) is 9.59 Å². The molecule has 3 rings (SSSR count). The lowest BCUT2D eigenvalue weighted by molar-refractivity contribution is -0.124. The number of ether oxygens (including phenoxy) is 1. The van der Waals surface area contributed by atoms with Gasteiger partial charge in [0.2, 0.25) is 5.91 Å². The number of urea groups is 1. The summed E-state index contributed by atoms with van der Waals surface area (Å²) >= 11 is 1.62. The Kier molecular flexibility index (Phi) is 7.98. The molecule has 1 fully saturated rings. The number of benzene rings is 2. The van der Waals surface area contributed by atoms with E-state index in [1.807, 2.05) is 63.2 Å². The maximum atomic E-state index is 13.4. The minimum atomic E-state index is -0.538. The standard InChI is InChI=1S/C24H31N3O3S/c1-16-10-11-19(14-18(16)3)26-24(29)27-21(22(28)25-12-7-13-30-4)15-31-23(27)20-9-6-5-8-17(20)2/h5-6,8-11,14,21,23H,7,12-13,15H2,1-4H3,(H,25,28)(H,26,29)/t21-,23+/m0/s1. The molecule has 1 aliphatic heterocycles. The quantitative estimate of drug-likeness (QED) is 0.625. The van der Waals surface area contributed by atoms with Crippen LogP contribution in [0.4, 0.5) is 10.5 Å². The zero-order valence-electron chi connectivity index (χ0n) is 18.6. The summed E-state index contributed by atoms with van der Waals surface area (Å²) in [5, 5.41) is 5.74. The Morgan fingerprint density at radius 3 is 2.58 bits per heavy atom. The molecule has 2 aromatic carbocycles. The Morgan fingerprint density at radius 1 is 1.10 bits per heavy atom. The lowest BCUT2D eigenvalue weighted by atomic mass is 10.1. The first-order chi connectivity index (χ1) is 14.9. The first-order valence-electron chi connectivity index (χ1n) is 10.5. The molecule has 6 nitrogen and oxygen atoms in total. The fourth-order valence-electron chi connectivity index (χ4n) is 3.61. The van der Waals surface area contributed by atoms with Gasteiger partial charge in [0.05, 0.1) is 0 Å². The monoisotopic (exact) mass is 441 g/mol. The molecule has 0 radical (unpaired) electrons. The molecular formula is C24H31N3O3S. The van der Waals surface area contributed by atoms with E-state index in [1.165, 1.54) is 5.56 Å². The number of carbonyl (C=O) groups excluding carboxylic acids is 2. The summed E-state index contributed by atoms with van der Waals surface area (Å²) in [5.74, 6) is 0.421. The van der Waals surface area contributed by atoms with E-state index in [0.29, 0.717) is 18.9 Å². The minimum Gasteiger partial charge on any atom is -0.385 e. The van der Waals surface area contributed by atoms with Crippen molar-refractivity contribution in [2.24, 2.45) is 0 Å². The topological polar surface area (TPSA) is 70.7 Å². The molecule has 0 spiro atoms. The van der Waals surface area contributed by atoms with E-state index in [1.54, 1.807) is 23.8 Å². The molecule has 1 saturated heterocycles. The Labute approximate surface area is 188 Å². The average Bonchev–Trinajstić information content (AvgIpc) is 3.19. The lowest BCUT2D eigenvalue weighted by Crippen LogP contribution is -2.49. The van der Waals surface area contributed by atoms with Crippen LogP contribution in [0.2, 0.25) is 0 Å². The van der Waals surface area contributed by atoms with Gasteiger partial charge < -0.3 is 15.4 Å². The third-order valence-electron chi connectivity index (χ3n) is 5.57. The number of amides is 3. The number of carbonyl (C=O) groups is 2. The van der Waals surface area contributed by atoms with Crippen LogP contribution < -0.4 is 10.6 Å². The van der Waals surface area contributed by atoms with Gasteiger partial charge in [-0.2, -0.15) is 0 Å². The van der Waals surface area contributed by atoms with Crippen molar-refractivity contribution in [1.29, 1.82) is 0 Å². The van der Waals surface area contributed by atoms with Gasteiger partial charge in [0, 0.05) is 31.7 Å². The van der Waals surface area contributed by atoms with E-state index < -0.39 is 6.04 Å². The molecular weight excluding hydrogens is 410 g/mol. The highest BCUT2D eigenvalue weighted by Gasteiger charge is 2.42. The Balaban J connectivity index is 1.83. The number of hydrogen-bond acceptors (Lipinski definition) is 4. The van der Waals surface area contributed by atoms with Crippen LogP contribution in [0, 0.1) is 20.8 Å². The number of anilines is 1. The van der Waals surface area contributed by atoms with Gasteiger partial charge in [0.25, 0.3) is 0 Å². The molecule has 0 bridgehead atoms. The maximum Gasteiger partial charge on any atom is 0.323 e. The summed E-state index contributed by atoms with van der Waals surface area (Å²) in [6.45, 7) is 7.20. The van der Waals surface area contributed by atoms with E-state index >= 15 is 0 Å². The predicted octanol–water partition coefficient (Wildman–Crippen LogP) is 4.41. The minimum absolute atomic E-state index is 0.130. The number of hydrogen-bond donors (Lipinski definition) is 2. The second kappa shape index (κ2) is 10.7. The second-order valence-electron chi connectivity index (χ2n) is 7.83. The van der Waals surface area contributed by atoms with Crippen LogP contribution >= 0.6 is 11.8 Å². The van der Waals surface area contributed by atoms with Crippen LogP contribution in [0.1, 0.15) is 34.0 Å². The third-order valence-corrected chi connectivity index (χ3v) is 6.88. The van der Waals surface area contributed by atoms with Gasteiger partial charge in [-0.05, 0) is 61.6 Å². The maximum absolute atomic E-state index is 13.4. The molecule has 0 saturated carbocycles. The number of nitrogens with zero attached hydrogens (tertiary/aromatic N) is 1. The highest BCUT2D eigenvalue weighted by molar-refractivity contribution is 7.99. The fourth-order valence-corrected chi connectivity index (χ4v) is 5.14. The Hall–Kier alpha value is -2.51. The molecule has 7 heteroatoms. The van der Waals surface area contributed by atoms with E-state index in [-0.39, 0.29) is 17.3 Å². The Bertz CT molecular complexity index is 934. The predicted molar refractivity (Wildman–Crippen MR) is 126 cm³/mol. The zero-order valence-corrected chi connectivity index (χ0v) is 19.4. The van der Waals surface area contributed by atoms with Crippen molar-refractivity contribution in [3.05, 3.63) is 64.7 Å². The molecule has 2 aromatic rings. The van der Waals surface area contributed by atoms with E-state index in [0.717, 1.165) is 28.8 Å². The molecule has 1 heterocycles. The van der Waals surface area contributed by atoms with Crippen LogP contribution in [0.25, 0.3) is 0 Å². The molecule has 0 aliphatic carbocycles. The number of aryl methyl sites for hydroxylation is 3. The van der Waals surface area contributed by atoms with Crippen molar-refractivity contribution in [3.63, 3.8) is 0 Å². The first kappa shape index (κ1) is 23.2. The highest BCUT2D eigenvalue weighted by atomic mass is 32.2. The lowest BCUT2D eigenvalue weighted by Gasteiger charge is -2.30. The summed E-state index contributed by atoms with van der Waals surface area (Å²) in [4.78, 5) is 28.0. The van der Waals surface area contributed by atoms with Crippen LogP contribution in [0.3, 0.4) is 0 Å². The van der Waals surface area contributed by atoms with Crippen molar-refractivity contribution in [2.75, 3.05) is 31.3 Å². The normalized spacial score (nSPS) is 18.1. The average molecular weight is 442 g/mol. The fraction of sp³-hybridized carbons (Fsp3) is 0.417. The summed E-state index contributed by atoms with van der Waals surface area (Å²) in [7, 11) is 1.64. The van der Waals surface area contributed by atoms with E-state index in [2.05, 4.69) is 10.6 Å². The number of thioether (sulfide) groups is 1. The summed E-state index contributed by atoms with van der Waals surface area (Å²) in [6.07, 6.45) is 0.734. The largest absolute Gasteiger partial charge is 0.385 e. The number of methoxy groups -OCH3 is 1. The third kappa shape index (κ3) is 5.60. The number of rotatable bonds is 7. The van der Waals surface area contributed by atoms with Crippen LogP contribution in [-0.2, 0) is 9.53 Å². The van der Waals surface area contributed by atoms with Crippen molar-refractivity contribution in [3.8, 4) is 0 Å². The number of nitrogens with one attached hydrogen (secondary N) is 2. The first-order valence-corrected chi connectivity index (χ1v) is 11.6. The molecule has 31 heavy (non-hydrogen) atoms. The van der Waals surface area contributed by atoms with Crippen molar-refractivity contribution in [1.82, 2.24) is 10.2 Å². The van der Waals surface area contributed by atoms with Gasteiger partial charge >= 0.3 is 6.03 Å². The molecule has 0 unspecified atom stereocenters. The molecule has 166 valence electrons. The smallest absolute Gasteiger partial charge is 0.323 e. The molecule has 3 amide bonds. The van der Waals surface area contributed by atoms with Gasteiger partial charge in [-0.25, -0.2) is 4.79 Å². The zero-order chi connectivity index (χ0) is 22.4. The van der Waals surface area contributed by atoms with Crippen molar-refractivity contribution >= 4 is 29.4 Å². The van der Waals surface area contributed by atoms with Gasteiger partial charge in [0.1, 0.15) is 11.4 Å². The molecule has 2 N–H and O–H groups in total. The SMILES string of the molecule is COCCCNC(=O)[C@@H]1CS[C@H](c2ccccc2C)N1C(=O)Nc1ccc(C)c(C)c1. The highest BCUT2D eigenvalue weighted by Crippen LogP contribution is 2.42. The van der Waals surface area contributed by atoms with Gasteiger partial charge in [0.15, 0.2) is 0 Å².